The first kappa shape index (κ1) is 6.65. The molecule has 1 aliphatic rings. The smallest absolute Gasteiger partial charge is 0.263 e. The minimum Gasteiger partial charge on any atom is -0.263 e. The molecule has 0 aromatic carbocycles. The summed E-state index contributed by atoms with van der Waals surface area (Å²) in [6.45, 7) is 0. The number of nitro groups is 1. The summed E-state index contributed by atoms with van der Waals surface area (Å²) in [5, 5.41) is 10.0. The highest BCUT2D eigenvalue weighted by Crippen LogP contribution is 2.61. The first-order valence-electron chi connectivity index (χ1n) is 2.02. The zero-order valence-corrected chi connectivity index (χ0v) is 6.47. The number of hydrogen-bond acceptors (Lipinski definition) is 4. The van der Waals surface area contributed by atoms with Gasteiger partial charge in [-0.05, 0) is 0 Å². The van der Waals surface area contributed by atoms with Crippen LogP contribution < -0.4 is 0 Å². The largest absolute Gasteiger partial charge is 0.321 e. The Morgan fingerprint density at radius 3 is 2.75 bits per heavy atom. The molecule has 0 aliphatic carbocycles. The molecule has 0 spiro atoms. The third-order valence-electron chi connectivity index (χ3n) is 0.687. The second-order valence-electron chi connectivity index (χ2n) is 1.21. The van der Waals surface area contributed by atoms with Gasteiger partial charge in [0.1, 0.15) is 0 Å². The molecule has 1 rings (SSSR count). The van der Waals surface area contributed by atoms with E-state index in [-0.39, 0.29) is 4.69 Å². The summed E-state index contributed by atoms with van der Waals surface area (Å²) in [6.07, 6.45) is 0.789. The minimum atomic E-state index is -0.902. The van der Waals surface area contributed by atoms with Crippen LogP contribution in [0.2, 0.25) is 0 Å². The molecule has 1 aliphatic heterocycles. The van der Waals surface area contributed by atoms with Crippen LogP contribution in [0.3, 0.4) is 0 Å². The van der Waals surface area contributed by atoms with Crippen molar-refractivity contribution < 1.29 is 4.69 Å². The summed E-state index contributed by atoms with van der Waals surface area (Å²) in [4.78, 5) is 10.0. The maximum atomic E-state index is 10.0. The lowest BCUT2D eigenvalue weighted by molar-refractivity contribution is -0.297. The second kappa shape index (κ2) is 2.90. The fourth-order valence-corrected chi connectivity index (χ4v) is 7.01. The van der Waals surface area contributed by atoms with Crippen LogP contribution in [0.1, 0.15) is 0 Å². The quantitative estimate of drug-likeness (QED) is 0.260. The Hall–Kier alpha value is 0.530. The van der Waals surface area contributed by atoms with Gasteiger partial charge in [-0.15, -0.1) is 0 Å². The van der Waals surface area contributed by atoms with Crippen LogP contribution in [0.4, 0.5) is 0 Å². The van der Waals surface area contributed by atoms with Gasteiger partial charge >= 0.3 is 7.27 Å². The molecule has 0 amide bonds. The van der Waals surface area contributed by atoms with Crippen LogP contribution in [0, 0.1) is 10.1 Å². The Morgan fingerprint density at radius 1 is 1.75 bits per heavy atom. The van der Waals surface area contributed by atoms with Gasteiger partial charge in [-0.1, -0.05) is 10.8 Å². The molecule has 46 valence electrons. The summed E-state index contributed by atoms with van der Waals surface area (Å²) >= 11 is 0. The lowest BCUT2D eigenvalue weighted by atomic mass is 11.0. The molecular weight excluding hydrogens is 165 g/mol. The molecule has 0 aromatic heterocycles. The van der Waals surface area contributed by atoms with Crippen molar-refractivity contribution in [3.05, 3.63) is 10.1 Å². The van der Waals surface area contributed by atoms with E-state index < -0.39 is 7.27 Å². The molecule has 0 N–H and O–H groups in total. The predicted octanol–water partition coefficient (Wildman–Crippen LogP) is 1.97. The molecule has 0 bridgehead atoms. The molecule has 6 heteroatoms. The molecular formula is C2H4NO2PS2. The van der Waals surface area contributed by atoms with Crippen molar-refractivity contribution in [1.82, 2.24) is 0 Å². The van der Waals surface area contributed by atoms with Gasteiger partial charge in [-0.25, -0.2) is 0 Å². The van der Waals surface area contributed by atoms with Crippen molar-refractivity contribution >= 4 is 28.5 Å². The lowest BCUT2D eigenvalue weighted by Gasteiger charge is -1.90. The van der Waals surface area contributed by atoms with Gasteiger partial charge in [-0.3, -0.25) is 10.1 Å². The normalized spacial score (nSPS) is 28.2. The Morgan fingerprint density at radius 2 is 2.50 bits per heavy atom. The Labute approximate surface area is 55.7 Å². The Balaban J connectivity index is 2.35. The molecule has 1 saturated heterocycles. The monoisotopic (exact) mass is 169 g/mol. The molecule has 0 radical (unpaired) electrons. The summed E-state index contributed by atoms with van der Waals surface area (Å²) < 4.78 is -0.153. The molecule has 1 heterocycles. The molecule has 1 fully saturated rings. The number of rotatable bonds is 1. The van der Waals surface area contributed by atoms with E-state index in [1.54, 1.807) is 10.8 Å². The summed E-state index contributed by atoms with van der Waals surface area (Å²) in [7, 11) is 2.14. The maximum Gasteiger partial charge on any atom is 0.321 e. The van der Waals surface area contributed by atoms with E-state index in [1.165, 1.54) is 10.4 Å². The van der Waals surface area contributed by atoms with Gasteiger partial charge in [0.15, 0.2) is 0 Å². The topological polar surface area (TPSA) is 43.1 Å². The minimum absolute atomic E-state index is 0.153. The van der Waals surface area contributed by atoms with Crippen molar-refractivity contribution in [2.75, 3.05) is 11.9 Å². The van der Waals surface area contributed by atoms with Crippen LogP contribution in [-0.4, -0.2) is 16.6 Å². The fourth-order valence-electron chi connectivity index (χ4n) is 0.360. The number of hydrogen-bond donors (Lipinski definition) is 0. The Kier molecular flexibility index (Phi) is 2.41. The van der Waals surface area contributed by atoms with Crippen LogP contribution in [0.15, 0.2) is 0 Å². The zero-order valence-electron chi connectivity index (χ0n) is 3.94. The second-order valence-corrected chi connectivity index (χ2v) is 7.24. The van der Waals surface area contributed by atoms with Crippen LogP contribution in [0.25, 0.3) is 0 Å². The first-order chi connectivity index (χ1) is 3.80. The maximum absolute atomic E-state index is 10.0. The van der Waals surface area contributed by atoms with Crippen molar-refractivity contribution in [3.8, 4) is 0 Å². The lowest BCUT2D eigenvalue weighted by Crippen LogP contribution is -1.86. The molecule has 8 heavy (non-hydrogen) atoms. The summed E-state index contributed by atoms with van der Waals surface area (Å²) in [6, 6.07) is 0. The standard InChI is InChI=1S/C2H4NO2PS2/c4-3(5)6-1-2-7-8-6/h1-2H2. The van der Waals surface area contributed by atoms with Gasteiger partial charge < -0.3 is 0 Å². The van der Waals surface area contributed by atoms with E-state index >= 15 is 0 Å². The van der Waals surface area contributed by atoms with E-state index in [0.717, 1.165) is 11.9 Å². The van der Waals surface area contributed by atoms with Gasteiger partial charge in [0, 0.05) is 20.9 Å². The molecule has 0 saturated carbocycles. The van der Waals surface area contributed by atoms with Crippen LogP contribution in [0.5, 0.6) is 0 Å². The average molecular weight is 169 g/mol. The highest BCUT2D eigenvalue weighted by atomic mass is 33.3. The van der Waals surface area contributed by atoms with Crippen molar-refractivity contribution in [2.24, 2.45) is 0 Å². The predicted molar refractivity (Wildman–Crippen MR) is 38.8 cm³/mol. The molecule has 1 atom stereocenters. The third-order valence-corrected chi connectivity index (χ3v) is 7.39. The Bertz CT molecular complexity index is 104. The van der Waals surface area contributed by atoms with Gasteiger partial charge in [0.25, 0.3) is 0 Å². The van der Waals surface area contributed by atoms with Crippen molar-refractivity contribution in [2.45, 2.75) is 0 Å². The van der Waals surface area contributed by atoms with E-state index in [2.05, 4.69) is 0 Å². The third kappa shape index (κ3) is 1.50. The SMILES string of the molecule is O=[N+]([O-])P1CCSS1. The molecule has 3 nitrogen and oxygen atoms in total. The van der Waals surface area contributed by atoms with Gasteiger partial charge in [0.2, 0.25) is 0 Å². The molecule has 1 unspecified atom stereocenters. The highest BCUT2D eigenvalue weighted by Gasteiger charge is 2.28. The summed E-state index contributed by atoms with van der Waals surface area (Å²) in [5.41, 5.74) is 0. The average Bonchev–Trinajstić information content (AvgIpc) is 2.12. The fraction of sp³-hybridized carbons (Fsp3) is 1.00. The van der Waals surface area contributed by atoms with Crippen LogP contribution in [-0.2, 0) is 0 Å². The van der Waals surface area contributed by atoms with Crippen LogP contribution >= 0.6 is 28.5 Å². The van der Waals surface area contributed by atoms with Gasteiger partial charge in [-0.2, -0.15) is 0 Å². The van der Waals surface area contributed by atoms with E-state index in [1.807, 2.05) is 0 Å². The van der Waals surface area contributed by atoms with Gasteiger partial charge in [0.05, 0.1) is 6.16 Å². The molecule has 0 aromatic rings. The van der Waals surface area contributed by atoms with Crippen molar-refractivity contribution in [3.63, 3.8) is 0 Å². The first-order valence-corrected chi connectivity index (χ1v) is 6.42. The zero-order chi connectivity index (χ0) is 5.98. The highest BCUT2D eigenvalue weighted by molar-refractivity contribution is 8.99. The van der Waals surface area contributed by atoms with E-state index in [0.29, 0.717) is 0 Å². The van der Waals surface area contributed by atoms with E-state index in [4.69, 9.17) is 0 Å². The van der Waals surface area contributed by atoms with Crippen molar-refractivity contribution in [1.29, 1.82) is 0 Å². The number of nitrogens with zero attached hydrogens (tertiary/aromatic N) is 1. The summed E-state index contributed by atoms with van der Waals surface area (Å²) in [5.74, 6) is 0.956. The van der Waals surface area contributed by atoms with E-state index in [9.17, 15) is 10.1 Å².